The van der Waals surface area contributed by atoms with E-state index in [1.807, 2.05) is 0 Å². The summed E-state index contributed by atoms with van der Waals surface area (Å²) in [5.41, 5.74) is 0. The minimum Gasteiger partial charge on any atom is -0.466 e. The second-order valence-corrected chi connectivity index (χ2v) is 17.8. The monoisotopic (exact) mass is 844 g/mol. The van der Waals surface area contributed by atoms with Gasteiger partial charge in [-0.15, -0.1) is 0 Å². The van der Waals surface area contributed by atoms with E-state index in [0.717, 1.165) is 89.9 Å². The number of ether oxygens (including phenoxy) is 1. The number of carbonyl (C=O) groups excluding carboxylic acids is 2. The van der Waals surface area contributed by atoms with Gasteiger partial charge in [-0.25, -0.2) is 0 Å². The lowest BCUT2D eigenvalue weighted by atomic mass is 10.0. The number of hydrogen-bond donors (Lipinski definition) is 3. The van der Waals surface area contributed by atoms with E-state index in [1.54, 1.807) is 0 Å². The third-order valence-electron chi connectivity index (χ3n) is 11.9. The van der Waals surface area contributed by atoms with Crippen LogP contribution in [-0.4, -0.2) is 47.4 Å². The first-order chi connectivity index (χ1) is 29.5. The second-order valence-electron chi connectivity index (χ2n) is 17.8. The quantitative estimate of drug-likeness (QED) is 0.0322. The van der Waals surface area contributed by atoms with Crippen LogP contribution >= 0.6 is 0 Å². The zero-order valence-corrected chi connectivity index (χ0v) is 39.9. The summed E-state index contributed by atoms with van der Waals surface area (Å²) >= 11 is 0. The van der Waals surface area contributed by atoms with Crippen molar-refractivity contribution in [2.45, 2.75) is 283 Å². The molecular weight excluding hydrogens is 743 g/mol. The number of amides is 1. The molecule has 0 aromatic rings. The SMILES string of the molecule is CCCCCC/C=C\C/C=C\CCCCCCCCCC(=O)OCCCC/C=C\CCCCCCCC(=O)NC(CO)C(O)CCCCCCCCCCCCCCCC. The summed E-state index contributed by atoms with van der Waals surface area (Å²) in [6.45, 7) is 4.85. The molecule has 0 radical (unpaired) electrons. The number of aliphatic hydroxyl groups is 2. The molecule has 352 valence electrons. The average molecular weight is 844 g/mol. The summed E-state index contributed by atoms with van der Waals surface area (Å²) in [5.74, 6) is -0.104. The number of allylic oxidation sites excluding steroid dienone is 6. The van der Waals surface area contributed by atoms with Crippen molar-refractivity contribution in [3.63, 3.8) is 0 Å². The van der Waals surface area contributed by atoms with Gasteiger partial charge in [0, 0.05) is 12.8 Å². The molecule has 3 N–H and O–H groups in total. The van der Waals surface area contributed by atoms with Crippen LogP contribution in [0.25, 0.3) is 0 Å². The Morgan fingerprint density at radius 2 is 0.833 bits per heavy atom. The fraction of sp³-hybridized carbons (Fsp3) is 0.852. The summed E-state index contributed by atoms with van der Waals surface area (Å²) in [6.07, 6.45) is 59.7. The van der Waals surface area contributed by atoms with Crippen LogP contribution in [0.5, 0.6) is 0 Å². The number of unbranched alkanes of at least 4 members (excludes halogenated alkanes) is 31. The predicted molar refractivity (Wildman–Crippen MR) is 259 cm³/mol. The van der Waals surface area contributed by atoms with Crippen LogP contribution in [-0.2, 0) is 14.3 Å². The van der Waals surface area contributed by atoms with E-state index in [0.29, 0.717) is 25.9 Å². The zero-order chi connectivity index (χ0) is 43.7. The van der Waals surface area contributed by atoms with E-state index in [4.69, 9.17) is 4.74 Å². The first-order valence-electron chi connectivity index (χ1n) is 26.2. The largest absolute Gasteiger partial charge is 0.466 e. The third kappa shape index (κ3) is 45.6. The van der Waals surface area contributed by atoms with Crippen LogP contribution in [0.1, 0.15) is 271 Å². The van der Waals surface area contributed by atoms with Gasteiger partial charge in [0.1, 0.15) is 0 Å². The molecule has 6 heteroatoms. The van der Waals surface area contributed by atoms with E-state index in [1.165, 1.54) is 148 Å². The fourth-order valence-electron chi connectivity index (χ4n) is 7.84. The van der Waals surface area contributed by atoms with Crippen LogP contribution in [0.2, 0.25) is 0 Å². The summed E-state index contributed by atoms with van der Waals surface area (Å²) in [4.78, 5) is 24.5. The molecule has 2 unspecified atom stereocenters. The Kier molecular flexibility index (Phi) is 48.1. The lowest BCUT2D eigenvalue weighted by Crippen LogP contribution is -2.45. The van der Waals surface area contributed by atoms with Crippen LogP contribution in [0.3, 0.4) is 0 Å². The van der Waals surface area contributed by atoms with Crippen LogP contribution in [0.15, 0.2) is 36.5 Å². The Morgan fingerprint density at radius 3 is 1.30 bits per heavy atom. The molecule has 0 aromatic carbocycles. The maximum absolute atomic E-state index is 12.4. The number of hydrogen-bond acceptors (Lipinski definition) is 5. The van der Waals surface area contributed by atoms with Crippen molar-refractivity contribution in [3.05, 3.63) is 36.5 Å². The molecule has 2 atom stereocenters. The van der Waals surface area contributed by atoms with Gasteiger partial charge in [0.15, 0.2) is 0 Å². The summed E-state index contributed by atoms with van der Waals surface area (Å²) in [6, 6.07) is -0.563. The maximum Gasteiger partial charge on any atom is 0.305 e. The van der Waals surface area contributed by atoms with Crippen molar-refractivity contribution in [3.8, 4) is 0 Å². The Labute approximate surface area is 373 Å². The summed E-state index contributed by atoms with van der Waals surface area (Å²) in [5, 5.41) is 23.2. The van der Waals surface area contributed by atoms with Gasteiger partial charge in [0.05, 0.1) is 25.4 Å². The molecular formula is C54H101NO5. The topological polar surface area (TPSA) is 95.9 Å². The highest BCUT2D eigenvalue weighted by Crippen LogP contribution is 2.16. The van der Waals surface area contributed by atoms with Gasteiger partial charge in [0.2, 0.25) is 5.91 Å². The smallest absolute Gasteiger partial charge is 0.305 e. The first kappa shape index (κ1) is 58.1. The molecule has 0 saturated carbocycles. The van der Waals surface area contributed by atoms with Gasteiger partial charge in [0.25, 0.3) is 0 Å². The van der Waals surface area contributed by atoms with E-state index in [9.17, 15) is 19.8 Å². The first-order valence-corrected chi connectivity index (χ1v) is 26.2. The molecule has 60 heavy (non-hydrogen) atoms. The number of esters is 1. The average Bonchev–Trinajstić information content (AvgIpc) is 3.25. The number of rotatable bonds is 48. The van der Waals surface area contributed by atoms with Gasteiger partial charge in [-0.3, -0.25) is 9.59 Å². The third-order valence-corrected chi connectivity index (χ3v) is 11.9. The van der Waals surface area contributed by atoms with E-state index < -0.39 is 12.1 Å². The van der Waals surface area contributed by atoms with Crippen LogP contribution in [0.4, 0.5) is 0 Å². The Bertz CT molecular complexity index is 977. The van der Waals surface area contributed by atoms with Crippen LogP contribution < -0.4 is 5.32 Å². The van der Waals surface area contributed by atoms with Crippen molar-refractivity contribution in [2.24, 2.45) is 0 Å². The normalized spacial score (nSPS) is 12.9. The van der Waals surface area contributed by atoms with Crippen molar-refractivity contribution in [1.29, 1.82) is 0 Å². The lowest BCUT2D eigenvalue weighted by Gasteiger charge is -2.22. The van der Waals surface area contributed by atoms with Gasteiger partial charge in [-0.1, -0.05) is 211 Å². The van der Waals surface area contributed by atoms with Crippen molar-refractivity contribution in [1.82, 2.24) is 5.32 Å². The molecule has 0 spiro atoms. The highest BCUT2D eigenvalue weighted by molar-refractivity contribution is 5.76. The molecule has 0 aliphatic carbocycles. The summed E-state index contributed by atoms with van der Waals surface area (Å²) in [7, 11) is 0. The molecule has 0 rings (SSSR count). The standard InChI is InChI=1S/C54H101NO5/c1-3-5-7-9-11-13-15-17-19-20-21-22-24-28-32-36-40-44-48-54(59)60-49-45-41-37-33-29-25-27-31-35-39-43-47-53(58)55-51(50-56)52(57)46-42-38-34-30-26-23-18-16-14-12-10-8-6-4-2/h13,15,19-20,29,33,51-52,56-57H,3-12,14,16-18,21-28,30-32,34-50H2,1-2H3,(H,55,58)/b15-13-,20-19-,33-29-. The molecule has 1 amide bonds. The number of carbonyl (C=O) groups is 2. The lowest BCUT2D eigenvalue weighted by molar-refractivity contribution is -0.143. The Balaban J connectivity index is 3.52. The molecule has 0 aliphatic rings. The van der Waals surface area contributed by atoms with E-state index in [2.05, 4.69) is 55.6 Å². The molecule has 0 bridgehead atoms. The molecule has 6 nitrogen and oxygen atoms in total. The fourth-order valence-corrected chi connectivity index (χ4v) is 7.84. The molecule has 0 saturated heterocycles. The second kappa shape index (κ2) is 49.7. The Hall–Kier alpha value is -1.92. The van der Waals surface area contributed by atoms with E-state index in [-0.39, 0.29) is 18.5 Å². The minimum absolute atomic E-state index is 0.0389. The highest BCUT2D eigenvalue weighted by Gasteiger charge is 2.20. The number of aliphatic hydroxyl groups excluding tert-OH is 2. The molecule has 0 aromatic heterocycles. The Morgan fingerprint density at radius 1 is 0.467 bits per heavy atom. The highest BCUT2D eigenvalue weighted by atomic mass is 16.5. The van der Waals surface area contributed by atoms with Crippen molar-refractivity contribution in [2.75, 3.05) is 13.2 Å². The van der Waals surface area contributed by atoms with E-state index >= 15 is 0 Å². The van der Waals surface area contributed by atoms with Gasteiger partial charge < -0.3 is 20.3 Å². The van der Waals surface area contributed by atoms with Gasteiger partial charge >= 0.3 is 5.97 Å². The zero-order valence-electron chi connectivity index (χ0n) is 39.9. The predicted octanol–water partition coefficient (Wildman–Crippen LogP) is 15.7. The van der Waals surface area contributed by atoms with Gasteiger partial charge in [-0.05, 0) is 83.5 Å². The minimum atomic E-state index is -0.683. The molecule has 0 aliphatic heterocycles. The maximum atomic E-state index is 12.4. The molecule has 0 fully saturated rings. The van der Waals surface area contributed by atoms with Crippen LogP contribution in [0, 0.1) is 0 Å². The number of nitrogens with one attached hydrogen (secondary N) is 1. The van der Waals surface area contributed by atoms with Crippen molar-refractivity contribution < 1.29 is 24.5 Å². The van der Waals surface area contributed by atoms with Gasteiger partial charge in [-0.2, -0.15) is 0 Å². The summed E-state index contributed by atoms with van der Waals surface area (Å²) < 4.78 is 5.44. The molecule has 0 heterocycles. The van der Waals surface area contributed by atoms with Crippen molar-refractivity contribution >= 4 is 11.9 Å².